The van der Waals surface area contributed by atoms with E-state index in [9.17, 15) is 0 Å². The average Bonchev–Trinajstić information content (AvgIpc) is 3.08. The molecule has 0 unspecified atom stereocenters. The number of nitrogens with two attached hydrogens (primary N) is 1. The van der Waals surface area contributed by atoms with Crippen molar-refractivity contribution in [2.75, 3.05) is 11.1 Å². The first kappa shape index (κ1) is 11.3. The molecular weight excluding hydrogens is 250 g/mol. The zero-order chi connectivity index (χ0) is 12.5. The summed E-state index contributed by atoms with van der Waals surface area (Å²) in [5.74, 6) is 1.04. The highest BCUT2D eigenvalue weighted by Crippen LogP contribution is 2.23. The van der Waals surface area contributed by atoms with Crippen LogP contribution >= 0.6 is 11.6 Å². The van der Waals surface area contributed by atoms with Crippen LogP contribution in [0.15, 0.2) is 24.3 Å². The van der Waals surface area contributed by atoms with Crippen LogP contribution in [0.1, 0.15) is 18.4 Å². The normalized spacial score (nSPS) is 14.7. The Balaban J connectivity index is 1.74. The minimum absolute atomic E-state index is 0.424. The molecule has 3 N–H and O–H groups in total. The maximum atomic E-state index is 5.84. The molecule has 5 nitrogen and oxygen atoms in total. The van der Waals surface area contributed by atoms with Crippen LogP contribution in [0, 0.1) is 0 Å². The molecule has 3 rings (SSSR count). The van der Waals surface area contributed by atoms with Gasteiger partial charge in [0.1, 0.15) is 0 Å². The smallest absolute Gasteiger partial charge is 0.244 e. The van der Waals surface area contributed by atoms with Gasteiger partial charge in [0, 0.05) is 11.1 Å². The van der Waals surface area contributed by atoms with Crippen molar-refractivity contribution < 1.29 is 0 Å². The van der Waals surface area contributed by atoms with Gasteiger partial charge < -0.3 is 11.1 Å². The highest BCUT2D eigenvalue weighted by Gasteiger charge is 2.22. The molecular formula is C12H14ClN5. The second kappa shape index (κ2) is 4.49. The van der Waals surface area contributed by atoms with Gasteiger partial charge >= 0.3 is 0 Å². The van der Waals surface area contributed by atoms with E-state index in [-0.39, 0.29) is 0 Å². The fourth-order valence-corrected chi connectivity index (χ4v) is 1.83. The third-order valence-electron chi connectivity index (χ3n) is 2.86. The zero-order valence-corrected chi connectivity index (χ0v) is 10.6. The molecule has 0 atom stereocenters. The second-order valence-corrected chi connectivity index (χ2v) is 4.93. The summed E-state index contributed by atoms with van der Waals surface area (Å²) in [4.78, 5) is 4.20. The molecule has 1 aromatic heterocycles. The minimum Gasteiger partial charge on any atom is -0.368 e. The number of anilines is 2. The van der Waals surface area contributed by atoms with Crippen LogP contribution in [-0.4, -0.2) is 20.8 Å². The van der Waals surface area contributed by atoms with Gasteiger partial charge in [-0.15, -0.1) is 5.10 Å². The third kappa shape index (κ3) is 2.56. The number of rotatable bonds is 4. The predicted molar refractivity (Wildman–Crippen MR) is 71.6 cm³/mol. The molecule has 94 valence electrons. The molecule has 2 aromatic rings. The van der Waals surface area contributed by atoms with Gasteiger partial charge in [-0.2, -0.15) is 4.98 Å². The average molecular weight is 264 g/mol. The van der Waals surface area contributed by atoms with E-state index in [1.807, 2.05) is 24.3 Å². The molecule has 0 radical (unpaired) electrons. The van der Waals surface area contributed by atoms with Gasteiger partial charge in [-0.1, -0.05) is 23.7 Å². The summed E-state index contributed by atoms with van der Waals surface area (Å²) in [5.41, 5.74) is 6.93. The van der Waals surface area contributed by atoms with Crippen LogP contribution in [0.3, 0.4) is 0 Å². The molecule has 1 saturated carbocycles. The van der Waals surface area contributed by atoms with Crippen LogP contribution in [0.5, 0.6) is 0 Å². The molecule has 6 heteroatoms. The highest BCUT2D eigenvalue weighted by atomic mass is 35.5. The number of benzene rings is 1. The number of halogens is 1. The Labute approximate surface area is 110 Å². The lowest BCUT2D eigenvalue weighted by Crippen LogP contribution is -2.07. The van der Waals surface area contributed by atoms with Crippen molar-refractivity contribution in [3.05, 3.63) is 34.9 Å². The topological polar surface area (TPSA) is 68.8 Å². The Morgan fingerprint density at radius 3 is 2.72 bits per heavy atom. The lowest BCUT2D eigenvalue weighted by molar-refractivity contribution is 0.697. The van der Waals surface area contributed by atoms with E-state index in [1.165, 1.54) is 12.8 Å². The van der Waals surface area contributed by atoms with Gasteiger partial charge in [-0.05, 0) is 30.5 Å². The highest BCUT2D eigenvalue weighted by molar-refractivity contribution is 6.30. The van der Waals surface area contributed by atoms with Crippen molar-refractivity contribution in [1.29, 1.82) is 0 Å². The maximum Gasteiger partial charge on any atom is 0.244 e. The van der Waals surface area contributed by atoms with Crippen LogP contribution in [0.4, 0.5) is 11.9 Å². The number of hydrogen-bond donors (Lipinski definition) is 2. The van der Waals surface area contributed by atoms with E-state index >= 15 is 0 Å². The Morgan fingerprint density at radius 2 is 2.06 bits per heavy atom. The number of nitrogens with one attached hydrogen (secondary N) is 1. The fraction of sp³-hybridized carbons (Fsp3) is 0.333. The quantitative estimate of drug-likeness (QED) is 0.887. The molecule has 1 aliphatic rings. The van der Waals surface area contributed by atoms with Crippen molar-refractivity contribution in [3.8, 4) is 0 Å². The molecule has 0 saturated heterocycles. The first-order valence-electron chi connectivity index (χ1n) is 5.92. The van der Waals surface area contributed by atoms with Crippen LogP contribution in [0.2, 0.25) is 5.02 Å². The molecule has 0 amide bonds. The van der Waals surface area contributed by atoms with Crippen LogP contribution < -0.4 is 11.1 Å². The number of aromatic nitrogens is 3. The first-order chi connectivity index (χ1) is 8.70. The second-order valence-electron chi connectivity index (χ2n) is 4.50. The van der Waals surface area contributed by atoms with Crippen molar-refractivity contribution in [1.82, 2.24) is 14.8 Å². The number of nitrogen functional groups attached to an aromatic ring is 1. The SMILES string of the molecule is Nc1nc(NC2CC2)nn1Cc1ccc(Cl)cc1. The van der Waals surface area contributed by atoms with Gasteiger partial charge in [0.05, 0.1) is 6.54 Å². The van der Waals surface area contributed by atoms with Gasteiger partial charge in [0.15, 0.2) is 0 Å². The largest absolute Gasteiger partial charge is 0.368 e. The van der Waals surface area contributed by atoms with Gasteiger partial charge in [-0.25, -0.2) is 4.68 Å². The number of nitrogens with zero attached hydrogens (tertiary/aromatic N) is 3. The van der Waals surface area contributed by atoms with E-state index in [0.717, 1.165) is 10.6 Å². The summed E-state index contributed by atoms with van der Waals surface area (Å²) in [6.45, 7) is 0.600. The predicted octanol–water partition coefficient (Wildman–Crippen LogP) is 2.14. The van der Waals surface area contributed by atoms with Crippen LogP contribution in [-0.2, 0) is 6.54 Å². The minimum atomic E-state index is 0.424. The summed E-state index contributed by atoms with van der Waals surface area (Å²) in [5, 5.41) is 8.30. The molecule has 0 aliphatic heterocycles. The lowest BCUT2D eigenvalue weighted by Gasteiger charge is -2.02. The van der Waals surface area contributed by atoms with Gasteiger partial charge in [-0.3, -0.25) is 0 Å². The molecule has 1 aromatic carbocycles. The van der Waals surface area contributed by atoms with E-state index in [4.69, 9.17) is 17.3 Å². The van der Waals surface area contributed by atoms with Crippen molar-refractivity contribution in [3.63, 3.8) is 0 Å². The summed E-state index contributed by atoms with van der Waals surface area (Å²) in [6.07, 6.45) is 2.37. The summed E-state index contributed by atoms with van der Waals surface area (Å²) >= 11 is 5.84. The molecule has 0 bridgehead atoms. The van der Waals surface area contributed by atoms with Crippen LogP contribution in [0.25, 0.3) is 0 Å². The Hall–Kier alpha value is -1.75. The Morgan fingerprint density at radius 1 is 1.33 bits per heavy atom. The van der Waals surface area contributed by atoms with Gasteiger partial charge in [0.25, 0.3) is 0 Å². The molecule has 1 heterocycles. The molecule has 0 spiro atoms. The van der Waals surface area contributed by atoms with E-state index < -0.39 is 0 Å². The summed E-state index contributed by atoms with van der Waals surface area (Å²) < 4.78 is 1.69. The first-order valence-corrected chi connectivity index (χ1v) is 6.30. The van der Waals surface area contributed by atoms with Crippen molar-refractivity contribution >= 4 is 23.5 Å². The van der Waals surface area contributed by atoms with Crippen molar-refractivity contribution in [2.24, 2.45) is 0 Å². The van der Waals surface area contributed by atoms with E-state index in [2.05, 4.69) is 15.4 Å². The number of hydrogen-bond acceptors (Lipinski definition) is 4. The Bertz CT molecular complexity index is 544. The van der Waals surface area contributed by atoms with E-state index in [0.29, 0.717) is 24.5 Å². The summed E-state index contributed by atoms with van der Waals surface area (Å²) in [7, 11) is 0. The Kier molecular flexibility index (Phi) is 2.83. The lowest BCUT2D eigenvalue weighted by atomic mass is 10.2. The van der Waals surface area contributed by atoms with Gasteiger partial charge in [0.2, 0.25) is 11.9 Å². The fourth-order valence-electron chi connectivity index (χ4n) is 1.70. The molecule has 1 fully saturated rings. The summed E-state index contributed by atoms with van der Waals surface area (Å²) in [6, 6.07) is 8.14. The van der Waals surface area contributed by atoms with E-state index in [1.54, 1.807) is 4.68 Å². The maximum absolute atomic E-state index is 5.84. The third-order valence-corrected chi connectivity index (χ3v) is 3.11. The van der Waals surface area contributed by atoms with Crippen molar-refractivity contribution in [2.45, 2.75) is 25.4 Å². The zero-order valence-electron chi connectivity index (χ0n) is 9.81. The monoisotopic (exact) mass is 263 g/mol. The standard InChI is InChI=1S/C12H14ClN5/c13-9-3-1-8(2-4-9)7-18-11(14)16-12(17-18)15-10-5-6-10/h1-4,10H,5-7H2,(H3,14,15,16,17). The molecule has 18 heavy (non-hydrogen) atoms. The molecule has 1 aliphatic carbocycles.